The Morgan fingerprint density at radius 1 is 1.09 bits per heavy atom. The molecule has 4 bridgehead atoms. The van der Waals surface area contributed by atoms with Crippen LogP contribution in [0, 0.1) is 23.7 Å². The molecule has 4 saturated carbocycles. The fraction of sp³-hybridized carbons (Fsp3) is 0.900. The summed E-state index contributed by atoms with van der Waals surface area (Å²) in [6, 6.07) is 0. The lowest BCUT2D eigenvalue weighted by atomic mass is 9.56. The van der Waals surface area contributed by atoms with Crippen molar-refractivity contribution in [3.63, 3.8) is 0 Å². The quantitative estimate of drug-likeness (QED) is 0.517. The highest BCUT2D eigenvalue weighted by Crippen LogP contribution is 2.51. The van der Waals surface area contributed by atoms with Crippen LogP contribution >= 0.6 is 0 Å². The summed E-state index contributed by atoms with van der Waals surface area (Å²) in [5.74, 6) is 2.32. The van der Waals surface area contributed by atoms with Crippen LogP contribution in [0.4, 0.5) is 0 Å². The van der Waals surface area contributed by atoms with Gasteiger partial charge in [0.05, 0.1) is 0 Å². The van der Waals surface area contributed by atoms with Crippen LogP contribution in [-0.4, -0.2) is 5.78 Å². The van der Waals surface area contributed by atoms with Crippen molar-refractivity contribution >= 4 is 5.78 Å². The van der Waals surface area contributed by atoms with Gasteiger partial charge in [0.25, 0.3) is 0 Å². The summed E-state index contributed by atoms with van der Waals surface area (Å²) in [5, 5.41) is 0. The first-order chi connectivity index (χ1) is 5.75. The van der Waals surface area contributed by atoms with E-state index in [0.29, 0.717) is 17.6 Å². The van der Waals surface area contributed by atoms with E-state index >= 15 is 0 Å². The van der Waals surface area contributed by atoms with E-state index in [9.17, 15) is 4.79 Å². The Labute approximate surface area is 68.6 Å². The van der Waals surface area contributed by atoms with Crippen molar-refractivity contribution in [2.75, 3.05) is 0 Å². The van der Waals surface area contributed by atoms with Gasteiger partial charge in [-0.2, -0.15) is 0 Å². The average Bonchev–Trinajstić information content (AvgIpc) is 2.07. The first-order valence-corrected chi connectivity index (χ1v) is 4.71. The van der Waals surface area contributed by atoms with Crippen LogP contribution in [0.25, 0.3) is 0 Å². The van der Waals surface area contributed by atoms with Crippen LogP contribution < -0.4 is 0 Å². The fourth-order valence-corrected chi connectivity index (χ4v) is 3.35. The summed E-state index contributed by atoms with van der Waals surface area (Å²) >= 11 is 0. The number of rotatable bonds is 0. The molecule has 0 aliphatic heterocycles. The minimum Gasteiger partial charge on any atom is -0.299 e. The maximum atomic E-state index is 11.7. The molecule has 4 aliphatic rings. The Morgan fingerprint density at radius 2 is 1.82 bits per heavy atom. The summed E-state index contributed by atoms with van der Waals surface area (Å²) in [6.45, 7) is 0. The van der Waals surface area contributed by atoms with Gasteiger partial charge in [-0.05, 0) is 43.9 Å². The number of Topliss-reactive ketones (excluding diaryl/α,β-unsaturated/α-hetero) is 1. The van der Waals surface area contributed by atoms with Gasteiger partial charge >= 0.3 is 0 Å². The lowest BCUT2D eigenvalue weighted by Gasteiger charge is -2.48. The second kappa shape index (κ2) is 1.88. The highest BCUT2D eigenvalue weighted by molar-refractivity contribution is 5.85. The molecule has 1 heteroatoms. The van der Waals surface area contributed by atoms with Crippen LogP contribution in [0.2, 0.25) is 0 Å². The summed E-state index contributed by atoms with van der Waals surface area (Å²) in [6.07, 6.45) is 4.44. The highest BCUT2D eigenvalue weighted by Gasteiger charge is 2.47. The second-order valence-corrected chi connectivity index (χ2v) is 4.47. The van der Waals surface area contributed by atoms with Crippen molar-refractivity contribution in [3.8, 4) is 0 Å². The van der Waals surface area contributed by atoms with Crippen molar-refractivity contribution in [1.82, 2.24) is 0 Å². The van der Waals surface area contributed by atoms with Crippen molar-refractivity contribution in [1.29, 1.82) is 0 Å². The molecule has 4 rings (SSSR count). The molecule has 5 atom stereocenters. The Kier molecular flexibility index (Phi) is 0.912. The zero-order chi connectivity index (χ0) is 8.29. The van der Waals surface area contributed by atoms with Crippen LogP contribution in [-0.2, 0) is 4.79 Å². The van der Waals surface area contributed by atoms with E-state index in [4.69, 9.17) is 1.37 Å². The monoisotopic (exact) mass is 151 g/mol. The number of carbonyl (C=O) groups is 1. The average molecular weight is 151 g/mol. The SMILES string of the molecule is [2H]C1C2CC3CC(C2)C(=O)C1C3. The first-order valence-electron chi connectivity index (χ1n) is 5.29. The number of ketones is 1. The van der Waals surface area contributed by atoms with Crippen molar-refractivity contribution < 1.29 is 6.17 Å². The van der Waals surface area contributed by atoms with Gasteiger partial charge < -0.3 is 0 Å². The predicted molar refractivity (Wildman–Crippen MR) is 42.1 cm³/mol. The smallest absolute Gasteiger partial charge is 0.139 e. The minimum atomic E-state index is -0.0368. The van der Waals surface area contributed by atoms with Crippen molar-refractivity contribution in [3.05, 3.63) is 0 Å². The molecule has 0 aromatic heterocycles. The molecule has 0 heterocycles. The van der Waals surface area contributed by atoms with Crippen LogP contribution in [0.1, 0.15) is 33.5 Å². The molecule has 0 amide bonds. The van der Waals surface area contributed by atoms with Crippen molar-refractivity contribution in [2.45, 2.75) is 32.1 Å². The van der Waals surface area contributed by atoms with Gasteiger partial charge in [0.1, 0.15) is 5.78 Å². The van der Waals surface area contributed by atoms with E-state index < -0.39 is 0 Å². The minimum absolute atomic E-state index is 0.0368. The van der Waals surface area contributed by atoms with Crippen molar-refractivity contribution in [2.24, 2.45) is 23.7 Å². The Morgan fingerprint density at radius 3 is 2.73 bits per heavy atom. The fourth-order valence-electron chi connectivity index (χ4n) is 3.35. The highest BCUT2D eigenvalue weighted by atomic mass is 16.1. The van der Waals surface area contributed by atoms with Gasteiger partial charge in [0, 0.05) is 13.2 Å². The molecular formula is C10H14O. The number of carbonyl (C=O) groups excluding carboxylic acids is 1. The molecule has 11 heavy (non-hydrogen) atoms. The zero-order valence-corrected chi connectivity index (χ0v) is 6.62. The van der Waals surface area contributed by atoms with Gasteiger partial charge in [-0.15, -0.1) is 0 Å². The van der Waals surface area contributed by atoms with E-state index in [0.717, 1.165) is 25.2 Å². The molecule has 0 aromatic carbocycles. The summed E-state index contributed by atoms with van der Waals surface area (Å²) < 4.78 is 7.91. The predicted octanol–water partition coefficient (Wildman–Crippen LogP) is 2.01. The van der Waals surface area contributed by atoms with Crippen LogP contribution in [0.5, 0.6) is 0 Å². The van der Waals surface area contributed by atoms with Crippen LogP contribution in [0.3, 0.4) is 0 Å². The third-order valence-corrected chi connectivity index (χ3v) is 3.70. The van der Waals surface area contributed by atoms with Crippen LogP contribution in [0.15, 0.2) is 0 Å². The molecule has 0 aromatic rings. The molecule has 1 nitrogen and oxygen atoms in total. The molecule has 60 valence electrons. The first kappa shape index (κ1) is 5.34. The standard InChI is InChI=1S/C10H14O/c11-10-8-2-6-1-7(4-8)5-9(10)3-6/h6-9H,1-5H2/i2D. The maximum Gasteiger partial charge on any atom is 0.139 e. The normalized spacial score (nSPS) is 61.6. The Hall–Kier alpha value is -0.330. The van der Waals surface area contributed by atoms with Gasteiger partial charge in [-0.1, -0.05) is 0 Å². The Balaban J connectivity index is 1.98. The van der Waals surface area contributed by atoms with E-state index in [1.54, 1.807) is 0 Å². The van der Waals surface area contributed by atoms with Gasteiger partial charge in [0.2, 0.25) is 0 Å². The lowest BCUT2D eigenvalue weighted by Crippen LogP contribution is -2.45. The summed E-state index contributed by atoms with van der Waals surface area (Å²) in [4.78, 5) is 11.7. The molecule has 4 fully saturated rings. The number of hydrogen-bond acceptors (Lipinski definition) is 1. The number of hydrogen-bond donors (Lipinski definition) is 0. The summed E-state index contributed by atoms with van der Waals surface area (Å²) in [7, 11) is 0. The zero-order valence-electron chi connectivity index (χ0n) is 7.62. The molecule has 0 saturated heterocycles. The molecule has 4 aliphatic carbocycles. The van der Waals surface area contributed by atoms with E-state index in [1.807, 2.05) is 0 Å². The maximum absolute atomic E-state index is 11.7. The van der Waals surface area contributed by atoms with Gasteiger partial charge in [-0.3, -0.25) is 4.79 Å². The molecule has 0 N–H and O–H groups in total. The largest absolute Gasteiger partial charge is 0.299 e. The molecular weight excluding hydrogens is 136 g/mol. The topological polar surface area (TPSA) is 17.1 Å². The summed E-state index contributed by atoms with van der Waals surface area (Å²) in [5.41, 5.74) is 0. The Bertz CT molecular complexity index is 238. The third kappa shape index (κ3) is 0.743. The van der Waals surface area contributed by atoms with E-state index in [1.165, 1.54) is 6.42 Å². The second-order valence-electron chi connectivity index (χ2n) is 4.47. The molecule has 0 radical (unpaired) electrons. The van der Waals surface area contributed by atoms with Gasteiger partial charge in [-0.25, -0.2) is 0 Å². The van der Waals surface area contributed by atoms with Gasteiger partial charge in [0.15, 0.2) is 0 Å². The molecule has 0 spiro atoms. The lowest BCUT2D eigenvalue weighted by molar-refractivity contribution is -0.139. The molecule has 5 unspecified atom stereocenters. The third-order valence-electron chi connectivity index (χ3n) is 3.70. The van der Waals surface area contributed by atoms with E-state index in [-0.39, 0.29) is 12.3 Å². The van der Waals surface area contributed by atoms with E-state index in [2.05, 4.69) is 0 Å².